The Kier molecular flexibility index (Phi) is 6.86. The van der Waals surface area contributed by atoms with E-state index in [0.29, 0.717) is 18.7 Å². The van der Waals surface area contributed by atoms with Gasteiger partial charge in [-0.05, 0) is 49.5 Å². The zero-order valence-corrected chi connectivity index (χ0v) is 15.3. The lowest BCUT2D eigenvalue weighted by Gasteiger charge is -2.25. The summed E-state index contributed by atoms with van der Waals surface area (Å²) in [4.78, 5) is 25.2. The van der Waals surface area contributed by atoms with Gasteiger partial charge in [0.05, 0.1) is 6.04 Å². The number of halogens is 1. The van der Waals surface area contributed by atoms with Crippen LogP contribution in [0.15, 0.2) is 48.5 Å². The van der Waals surface area contributed by atoms with Crippen LogP contribution in [0.1, 0.15) is 34.5 Å². The predicted octanol–water partition coefficient (Wildman–Crippen LogP) is 2.49. The van der Waals surface area contributed by atoms with Gasteiger partial charge in [-0.2, -0.15) is 0 Å². The molecule has 0 unspecified atom stereocenters. The van der Waals surface area contributed by atoms with E-state index in [1.807, 2.05) is 25.1 Å². The molecule has 6 heteroatoms. The standard InChI is InChI=1S/C20H24FN3O2/c1-14(25)22-12-15-7-9-16(10-8-15)20(26)23-13-19(24(2)3)17-5-4-6-18(21)11-17/h4-11,19H,12-13H2,1-3H3,(H,22,25)(H,23,26)/t19-/m1/s1. The Bertz CT molecular complexity index is 760. The van der Waals surface area contributed by atoms with Crippen molar-refractivity contribution in [3.63, 3.8) is 0 Å². The molecule has 5 nitrogen and oxygen atoms in total. The van der Waals surface area contributed by atoms with Gasteiger partial charge in [0, 0.05) is 25.6 Å². The summed E-state index contributed by atoms with van der Waals surface area (Å²) in [6.45, 7) is 2.25. The minimum atomic E-state index is -0.296. The zero-order valence-electron chi connectivity index (χ0n) is 15.3. The fourth-order valence-corrected chi connectivity index (χ4v) is 2.60. The molecule has 0 heterocycles. The van der Waals surface area contributed by atoms with Crippen LogP contribution in [0.2, 0.25) is 0 Å². The van der Waals surface area contributed by atoms with Crippen molar-refractivity contribution < 1.29 is 14.0 Å². The Morgan fingerprint density at radius 1 is 1.08 bits per heavy atom. The summed E-state index contributed by atoms with van der Waals surface area (Å²) in [6.07, 6.45) is 0. The van der Waals surface area contributed by atoms with Gasteiger partial charge in [0.25, 0.3) is 5.91 Å². The minimum Gasteiger partial charge on any atom is -0.352 e. The summed E-state index contributed by atoms with van der Waals surface area (Å²) in [5.74, 6) is -0.589. The Labute approximate surface area is 153 Å². The van der Waals surface area contributed by atoms with Crippen molar-refractivity contribution >= 4 is 11.8 Å². The first kappa shape index (κ1) is 19.6. The van der Waals surface area contributed by atoms with Crippen molar-refractivity contribution in [2.45, 2.75) is 19.5 Å². The molecule has 138 valence electrons. The van der Waals surface area contributed by atoms with Crippen molar-refractivity contribution in [1.82, 2.24) is 15.5 Å². The molecule has 2 aromatic carbocycles. The van der Waals surface area contributed by atoms with Gasteiger partial charge in [-0.1, -0.05) is 24.3 Å². The van der Waals surface area contributed by atoms with Crippen LogP contribution in [0, 0.1) is 5.82 Å². The van der Waals surface area contributed by atoms with Crippen LogP contribution < -0.4 is 10.6 Å². The van der Waals surface area contributed by atoms with Crippen LogP contribution in [-0.4, -0.2) is 37.4 Å². The fourth-order valence-electron chi connectivity index (χ4n) is 2.60. The van der Waals surface area contributed by atoms with Crippen molar-refractivity contribution in [3.05, 3.63) is 71.0 Å². The molecule has 2 N–H and O–H groups in total. The van der Waals surface area contributed by atoms with E-state index < -0.39 is 0 Å². The normalized spacial score (nSPS) is 11.9. The molecule has 0 aliphatic carbocycles. The highest BCUT2D eigenvalue weighted by atomic mass is 19.1. The number of benzene rings is 2. The Morgan fingerprint density at radius 2 is 1.77 bits per heavy atom. The van der Waals surface area contributed by atoms with Crippen molar-refractivity contribution in [1.29, 1.82) is 0 Å². The molecule has 0 saturated heterocycles. The number of nitrogens with zero attached hydrogens (tertiary/aromatic N) is 1. The quantitative estimate of drug-likeness (QED) is 0.800. The third kappa shape index (κ3) is 5.67. The summed E-state index contributed by atoms with van der Waals surface area (Å²) in [7, 11) is 3.77. The minimum absolute atomic E-state index is 0.0982. The third-order valence-corrected chi connectivity index (χ3v) is 4.07. The van der Waals surface area contributed by atoms with Crippen molar-refractivity contribution in [2.75, 3.05) is 20.6 Å². The second-order valence-corrected chi connectivity index (χ2v) is 6.35. The Balaban J connectivity index is 1.98. The van der Waals surface area contributed by atoms with Crippen LogP contribution in [0.5, 0.6) is 0 Å². The summed E-state index contributed by atoms with van der Waals surface area (Å²) >= 11 is 0. The number of nitrogens with one attached hydrogen (secondary N) is 2. The van der Waals surface area contributed by atoms with E-state index >= 15 is 0 Å². The highest BCUT2D eigenvalue weighted by molar-refractivity contribution is 5.94. The number of hydrogen-bond acceptors (Lipinski definition) is 3. The summed E-state index contributed by atoms with van der Waals surface area (Å²) < 4.78 is 13.5. The predicted molar refractivity (Wildman–Crippen MR) is 99.1 cm³/mol. The van der Waals surface area contributed by atoms with Gasteiger partial charge in [0.15, 0.2) is 0 Å². The first-order chi connectivity index (χ1) is 12.4. The van der Waals surface area contributed by atoms with Gasteiger partial charge in [-0.25, -0.2) is 4.39 Å². The van der Waals surface area contributed by atoms with E-state index in [4.69, 9.17) is 0 Å². The van der Waals surface area contributed by atoms with Crippen LogP contribution in [-0.2, 0) is 11.3 Å². The second kappa shape index (κ2) is 9.10. The number of hydrogen-bond donors (Lipinski definition) is 2. The molecule has 0 aliphatic rings. The fraction of sp³-hybridized carbons (Fsp3) is 0.300. The van der Waals surface area contributed by atoms with Crippen LogP contribution in [0.25, 0.3) is 0 Å². The molecular weight excluding hydrogens is 333 g/mol. The maximum absolute atomic E-state index is 13.5. The van der Waals surface area contributed by atoms with Crippen molar-refractivity contribution in [2.24, 2.45) is 0 Å². The Morgan fingerprint density at radius 3 is 2.35 bits per heavy atom. The molecule has 2 aromatic rings. The lowest BCUT2D eigenvalue weighted by molar-refractivity contribution is -0.119. The maximum Gasteiger partial charge on any atom is 0.251 e. The maximum atomic E-state index is 13.5. The summed E-state index contributed by atoms with van der Waals surface area (Å²) in [5, 5.41) is 5.61. The van der Waals surface area contributed by atoms with E-state index in [1.54, 1.807) is 30.3 Å². The van der Waals surface area contributed by atoms with Gasteiger partial charge in [-0.15, -0.1) is 0 Å². The highest BCUT2D eigenvalue weighted by Crippen LogP contribution is 2.18. The smallest absolute Gasteiger partial charge is 0.251 e. The third-order valence-electron chi connectivity index (χ3n) is 4.07. The van der Waals surface area contributed by atoms with E-state index in [9.17, 15) is 14.0 Å². The largest absolute Gasteiger partial charge is 0.352 e. The average molecular weight is 357 g/mol. The molecule has 2 rings (SSSR count). The number of likely N-dealkylation sites (N-methyl/N-ethyl adjacent to an activating group) is 1. The molecule has 0 bridgehead atoms. The number of carbonyl (C=O) groups excluding carboxylic acids is 2. The Hall–Kier alpha value is -2.73. The molecule has 0 spiro atoms. The lowest BCUT2D eigenvalue weighted by Crippen LogP contribution is -2.34. The topological polar surface area (TPSA) is 61.4 Å². The summed E-state index contributed by atoms with van der Waals surface area (Å²) in [6, 6.07) is 13.3. The first-order valence-electron chi connectivity index (χ1n) is 8.40. The number of amides is 2. The van der Waals surface area contributed by atoms with Crippen molar-refractivity contribution in [3.8, 4) is 0 Å². The van der Waals surface area contributed by atoms with Gasteiger partial charge in [-0.3, -0.25) is 9.59 Å². The van der Waals surface area contributed by atoms with Gasteiger partial charge in [0.2, 0.25) is 5.91 Å². The highest BCUT2D eigenvalue weighted by Gasteiger charge is 2.16. The first-order valence-corrected chi connectivity index (χ1v) is 8.40. The molecule has 26 heavy (non-hydrogen) atoms. The molecule has 0 saturated carbocycles. The average Bonchev–Trinajstić information content (AvgIpc) is 2.60. The number of carbonyl (C=O) groups is 2. The molecule has 0 fully saturated rings. The zero-order chi connectivity index (χ0) is 19.1. The second-order valence-electron chi connectivity index (χ2n) is 6.35. The monoisotopic (exact) mass is 357 g/mol. The molecule has 0 radical (unpaired) electrons. The van der Waals surface area contributed by atoms with Crippen LogP contribution in [0.3, 0.4) is 0 Å². The molecule has 2 amide bonds. The molecular formula is C20H24FN3O2. The molecule has 1 atom stereocenters. The van der Waals surface area contributed by atoms with E-state index in [-0.39, 0.29) is 23.7 Å². The number of rotatable bonds is 7. The van der Waals surface area contributed by atoms with Crippen LogP contribution in [0.4, 0.5) is 4.39 Å². The molecule has 0 aromatic heterocycles. The lowest BCUT2D eigenvalue weighted by atomic mass is 10.1. The summed E-state index contributed by atoms with van der Waals surface area (Å²) in [5.41, 5.74) is 2.26. The van der Waals surface area contributed by atoms with Crippen LogP contribution >= 0.6 is 0 Å². The molecule has 0 aliphatic heterocycles. The van der Waals surface area contributed by atoms with Gasteiger partial charge in [0.1, 0.15) is 5.82 Å². The van der Waals surface area contributed by atoms with E-state index in [0.717, 1.165) is 11.1 Å². The van der Waals surface area contributed by atoms with E-state index in [1.165, 1.54) is 19.1 Å². The van der Waals surface area contributed by atoms with E-state index in [2.05, 4.69) is 10.6 Å². The van der Waals surface area contributed by atoms with Gasteiger partial charge < -0.3 is 15.5 Å². The van der Waals surface area contributed by atoms with Gasteiger partial charge >= 0.3 is 0 Å². The SMILES string of the molecule is CC(=O)NCc1ccc(C(=O)NC[C@H](c2cccc(F)c2)N(C)C)cc1.